The maximum Gasteiger partial charge on any atom is 0.270 e. The molecule has 0 N–H and O–H groups in total. The molecule has 0 unspecified atom stereocenters. The molecule has 0 atom stereocenters. The summed E-state index contributed by atoms with van der Waals surface area (Å²) in [6.45, 7) is 0.189. The van der Waals surface area contributed by atoms with Crippen LogP contribution in [0, 0.1) is 32.8 Å². The predicted molar refractivity (Wildman–Crippen MR) is 118 cm³/mol. The minimum absolute atomic E-state index is 0.0223. The molecule has 0 fully saturated rings. The zero-order valence-corrected chi connectivity index (χ0v) is 17.2. The topological polar surface area (TPSA) is 117 Å². The summed E-state index contributed by atoms with van der Waals surface area (Å²) in [6, 6.07) is 20.7. The van der Waals surface area contributed by atoms with Crippen LogP contribution in [0.3, 0.4) is 0 Å². The molecule has 7 nitrogen and oxygen atoms in total. The average Bonchev–Trinajstić information content (AvgIpc) is 2.82. The molecule has 32 heavy (non-hydrogen) atoms. The number of carbonyl (C=O) groups is 1. The number of carbonyl (C=O) groups excluding carboxylic acids is 1. The number of non-ortho nitro benzene ring substituents is 1. The van der Waals surface area contributed by atoms with Crippen molar-refractivity contribution in [2.75, 3.05) is 0 Å². The Morgan fingerprint density at radius 1 is 1.09 bits per heavy atom. The van der Waals surface area contributed by atoms with Gasteiger partial charge < -0.3 is 4.74 Å². The van der Waals surface area contributed by atoms with E-state index in [4.69, 9.17) is 21.6 Å². The van der Waals surface area contributed by atoms with Crippen molar-refractivity contribution in [2.24, 2.45) is 0 Å². The minimum atomic E-state index is -0.658. The zero-order chi connectivity index (χ0) is 23.1. The maximum absolute atomic E-state index is 12.8. The fourth-order valence-electron chi connectivity index (χ4n) is 2.82. The molecular weight excluding hydrogens is 430 g/mol. The molecule has 0 radical (unpaired) electrons. The molecule has 8 heteroatoms. The van der Waals surface area contributed by atoms with Crippen LogP contribution in [0.2, 0.25) is 5.02 Å². The van der Waals surface area contributed by atoms with E-state index in [0.29, 0.717) is 21.9 Å². The lowest BCUT2D eigenvalue weighted by Gasteiger charge is -2.10. The first kappa shape index (κ1) is 22.2. The molecule has 0 saturated heterocycles. The van der Waals surface area contributed by atoms with Crippen LogP contribution in [0.4, 0.5) is 5.69 Å². The standard InChI is InChI=1S/C24H14ClN3O4/c25-21-8-9-23(32-15-17-6-4-16(13-26)5-7-17)19(11-21)10-20(14-27)24(29)18-2-1-3-22(12-18)28(30)31/h1-12H,15H2/b20-10+. The van der Waals surface area contributed by atoms with E-state index in [1.807, 2.05) is 12.1 Å². The van der Waals surface area contributed by atoms with Crippen molar-refractivity contribution in [3.05, 3.63) is 110 Å². The summed E-state index contributed by atoms with van der Waals surface area (Å²) in [7, 11) is 0. The second-order valence-corrected chi connectivity index (χ2v) is 7.02. The smallest absolute Gasteiger partial charge is 0.270 e. The van der Waals surface area contributed by atoms with Gasteiger partial charge in [-0.15, -0.1) is 0 Å². The van der Waals surface area contributed by atoms with Crippen molar-refractivity contribution in [2.45, 2.75) is 6.61 Å². The van der Waals surface area contributed by atoms with Gasteiger partial charge in [0.15, 0.2) is 0 Å². The number of ether oxygens (including phenoxy) is 1. The number of nitro benzene ring substituents is 1. The molecule has 0 spiro atoms. The third-order valence-corrected chi connectivity index (χ3v) is 4.67. The summed E-state index contributed by atoms with van der Waals surface area (Å²) in [5.41, 5.74) is 1.30. The van der Waals surface area contributed by atoms with Crippen molar-refractivity contribution >= 4 is 29.1 Å². The van der Waals surface area contributed by atoms with Crippen molar-refractivity contribution in [1.29, 1.82) is 10.5 Å². The second kappa shape index (κ2) is 10.0. The molecule has 0 aliphatic rings. The number of ketones is 1. The van der Waals surface area contributed by atoms with Gasteiger partial charge in [0, 0.05) is 28.3 Å². The summed E-state index contributed by atoms with van der Waals surface area (Å²) in [4.78, 5) is 23.1. The number of Topliss-reactive ketones (excluding diaryl/α,β-unsaturated/α-hetero) is 1. The van der Waals surface area contributed by atoms with Crippen molar-refractivity contribution < 1.29 is 14.5 Å². The van der Waals surface area contributed by atoms with Gasteiger partial charge in [-0.25, -0.2) is 0 Å². The van der Waals surface area contributed by atoms with Crippen LogP contribution in [0.1, 0.15) is 27.0 Å². The molecule has 3 rings (SSSR count). The van der Waals surface area contributed by atoms with Crippen molar-refractivity contribution in [1.82, 2.24) is 0 Å². The molecule has 3 aromatic carbocycles. The highest BCUT2D eigenvalue weighted by Gasteiger charge is 2.17. The van der Waals surface area contributed by atoms with Crippen molar-refractivity contribution in [3.8, 4) is 17.9 Å². The average molecular weight is 444 g/mol. The summed E-state index contributed by atoms with van der Waals surface area (Å²) in [5.74, 6) is -0.271. The van der Waals surface area contributed by atoms with E-state index in [9.17, 15) is 20.2 Å². The lowest BCUT2D eigenvalue weighted by atomic mass is 10.0. The number of nitrogens with zero attached hydrogens (tertiary/aromatic N) is 3. The van der Waals surface area contributed by atoms with Crippen molar-refractivity contribution in [3.63, 3.8) is 0 Å². The molecule has 0 bridgehead atoms. The van der Waals surface area contributed by atoms with E-state index in [2.05, 4.69) is 0 Å². The van der Waals surface area contributed by atoms with Gasteiger partial charge in [0.05, 0.1) is 16.6 Å². The van der Waals surface area contributed by atoms with Gasteiger partial charge in [-0.3, -0.25) is 14.9 Å². The molecule has 0 aromatic heterocycles. The number of allylic oxidation sites excluding steroid dienone is 1. The zero-order valence-electron chi connectivity index (χ0n) is 16.5. The fourth-order valence-corrected chi connectivity index (χ4v) is 3.00. The van der Waals surface area contributed by atoms with Gasteiger partial charge in [-0.2, -0.15) is 10.5 Å². The van der Waals surface area contributed by atoms with Crippen LogP contribution in [-0.4, -0.2) is 10.7 Å². The first-order chi connectivity index (χ1) is 15.4. The van der Waals surface area contributed by atoms with Gasteiger partial charge in [0.25, 0.3) is 5.69 Å². The van der Waals surface area contributed by atoms with Crippen LogP contribution in [0.5, 0.6) is 5.75 Å². The highest BCUT2D eigenvalue weighted by Crippen LogP contribution is 2.27. The molecule has 0 amide bonds. The maximum atomic E-state index is 12.8. The molecule has 0 aliphatic heterocycles. The van der Waals surface area contributed by atoms with Crippen LogP contribution in [-0.2, 0) is 6.61 Å². The van der Waals surface area contributed by atoms with Crippen LogP contribution in [0.25, 0.3) is 6.08 Å². The summed E-state index contributed by atoms with van der Waals surface area (Å²) >= 11 is 6.09. The van der Waals surface area contributed by atoms with Crippen LogP contribution < -0.4 is 4.74 Å². The normalized spacial score (nSPS) is 10.7. The molecule has 156 valence electrons. The van der Waals surface area contributed by atoms with E-state index in [0.717, 1.165) is 11.6 Å². The number of nitriles is 2. The number of nitro groups is 1. The Kier molecular flexibility index (Phi) is 6.97. The second-order valence-electron chi connectivity index (χ2n) is 6.59. The van der Waals surface area contributed by atoms with Crippen LogP contribution >= 0.6 is 11.6 Å². The Morgan fingerprint density at radius 2 is 1.84 bits per heavy atom. The van der Waals surface area contributed by atoms with E-state index < -0.39 is 10.7 Å². The molecule has 3 aromatic rings. The van der Waals surface area contributed by atoms with Gasteiger partial charge in [-0.1, -0.05) is 35.9 Å². The number of hydrogen-bond donors (Lipinski definition) is 0. The highest BCUT2D eigenvalue weighted by molar-refractivity contribution is 6.30. The van der Waals surface area contributed by atoms with Gasteiger partial charge in [0.2, 0.25) is 5.78 Å². The van der Waals surface area contributed by atoms with E-state index in [1.54, 1.807) is 42.5 Å². The number of benzene rings is 3. The Hall–Kier alpha value is -4.46. The number of rotatable bonds is 7. The first-order valence-electron chi connectivity index (χ1n) is 9.23. The van der Waals surface area contributed by atoms with E-state index in [1.165, 1.54) is 24.3 Å². The summed E-state index contributed by atoms with van der Waals surface area (Å²) < 4.78 is 5.84. The number of hydrogen-bond acceptors (Lipinski definition) is 6. The third kappa shape index (κ3) is 5.37. The quantitative estimate of drug-likeness (QED) is 0.157. The molecule has 0 saturated carbocycles. The molecule has 0 heterocycles. The largest absolute Gasteiger partial charge is 0.488 e. The highest BCUT2D eigenvalue weighted by atomic mass is 35.5. The Bertz CT molecular complexity index is 1300. The SMILES string of the molecule is N#C/C(=C\c1cc(Cl)ccc1OCc1ccc(C#N)cc1)C(=O)c1cccc([N+](=O)[O-])c1. The Morgan fingerprint density at radius 3 is 2.50 bits per heavy atom. The Balaban J connectivity index is 1.90. The summed E-state index contributed by atoms with van der Waals surface area (Å²) in [5, 5.41) is 29.8. The predicted octanol–water partition coefficient (Wildman–Crippen LogP) is 5.49. The van der Waals surface area contributed by atoms with Gasteiger partial charge in [0.1, 0.15) is 24.0 Å². The van der Waals surface area contributed by atoms with E-state index >= 15 is 0 Å². The third-order valence-electron chi connectivity index (χ3n) is 4.43. The molecule has 0 aliphatic carbocycles. The Labute approximate surface area is 188 Å². The molecular formula is C24H14ClN3O4. The van der Waals surface area contributed by atoms with Gasteiger partial charge >= 0.3 is 0 Å². The lowest BCUT2D eigenvalue weighted by molar-refractivity contribution is -0.384. The lowest BCUT2D eigenvalue weighted by Crippen LogP contribution is -2.03. The number of halogens is 1. The monoisotopic (exact) mass is 443 g/mol. The van der Waals surface area contributed by atoms with Crippen LogP contribution in [0.15, 0.2) is 72.3 Å². The minimum Gasteiger partial charge on any atom is -0.488 e. The van der Waals surface area contributed by atoms with Gasteiger partial charge in [-0.05, 0) is 42.0 Å². The van der Waals surface area contributed by atoms with E-state index in [-0.39, 0.29) is 23.4 Å². The first-order valence-corrected chi connectivity index (χ1v) is 9.61. The summed E-state index contributed by atoms with van der Waals surface area (Å²) in [6.07, 6.45) is 1.33. The fraction of sp³-hybridized carbons (Fsp3) is 0.0417.